The van der Waals surface area contributed by atoms with E-state index in [2.05, 4.69) is 92.9 Å². The molecule has 0 radical (unpaired) electrons. The molecule has 0 unspecified atom stereocenters. The number of nitrogens with two attached hydrogens (primary N) is 1. The second-order valence-electron chi connectivity index (χ2n) is 36.9. The summed E-state index contributed by atoms with van der Waals surface area (Å²) < 4.78 is 32.7. The molecule has 0 saturated carbocycles. The highest BCUT2D eigenvalue weighted by Gasteiger charge is 2.45. The van der Waals surface area contributed by atoms with Gasteiger partial charge in [-0.05, 0) is 144 Å². The van der Waals surface area contributed by atoms with Gasteiger partial charge in [0.2, 0.25) is 29.6 Å². The standard InChI is InChI=1S/C39H64N4O6.C35H57N3O6.C9H11N5.C8H19N.C6H5N3.C3H6N2.2CH4.ClH.FP/c1-12-26(4)37(42(9)38(46)31(25(2)3)23-35(40)41(7)8)34(48-10)24-36(45)43-20-16-19-32(43)27(5)28(6)33(44)22-30(39(47)49-11)21-29-17-14-13-15-18-29;1-10-23(4)33(37(7)34(41)32(36)22(2)3)30(43-8)21-31(40)38-18-14-17-28(38)24(5)25(6)29(39)20-27(35(42)44-9)19-26-15-12-11-13-16-26;1-13(2)9(10)14-8-6-4-3-5-7(8)11-12-14;1-6-9(7(2)3)8(4)5;1-2-4-6-5(3-1)7-9-8-6;1-5(2)3-4;;;;1-2/h13-15,17-18,25-28,30-32,34,37,40H,12,16,19-24H2,1-11H3;11-13,15-16,22-25,27-28,30,32-33H,10,14,17-21,36H2,1-9H3;3-6,10H,1-2H3;7-8H,6H2,1-5H3;1-4H,(H,7,8,9);1-2H3;2*1H4;1H;/q;;;;;;;;;-2/t26-,27+,28+,30+,31-,32-,34+,37-;23-,24+,25+,27+,28-,30+,32-,33-;;;;;;;;/m00......../s1. The third-order valence-corrected chi connectivity index (χ3v) is 26.0. The summed E-state index contributed by atoms with van der Waals surface area (Å²) in [6.07, 6.45) is 7.40. The Labute approximate surface area is 818 Å². The molecule has 2 aromatic heterocycles. The second kappa shape index (κ2) is 66.1. The average Bonchev–Trinajstić information content (AvgIpc) is 1.64. The van der Waals surface area contributed by atoms with Crippen LogP contribution in [0.1, 0.15) is 214 Å². The molecule has 2 saturated heterocycles. The maximum Gasteiger partial charge on any atom is 0.309 e. The van der Waals surface area contributed by atoms with Gasteiger partial charge in [0.15, 0.2) is 6.19 Å². The number of fused-ring (bicyclic) bond motifs is 2. The lowest BCUT2D eigenvalue weighted by Gasteiger charge is -2.41. The third kappa shape index (κ3) is 40.3. The van der Waals surface area contributed by atoms with Crippen molar-refractivity contribution in [3.8, 4) is 6.19 Å². The summed E-state index contributed by atoms with van der Waals surface area (Å²) in [6, 6.07) is 34.5. The summed E-state index contributed by atoms with van der Waals surface area (Å²) in [6.45, 7) is 37.6. The van der Waals surface area contributed by atoms with E-state index in [4.69, 9.17) is 40.8 Å². The van der Waals surface area contributed by atoms with Gasteiger partial charge in [-0.15, -0.1) is 17.5 Å². The number of ether oxygens (including phenoxy) is 4. The fourth-order valence-corrected chi connectivity index (χ4v) is 17.2. The lowest BCUT2D eigenvalue weighted by Crippen LogP contribution is -2.56. The maximum absolute atomic E-state index is 14.1. The molecule has 0 aliphatic carbocycles. The van der Waals surface area contributed by atoms with Crippen LogP contribution >= 0.6 is 22.0 Å². The van der Waals surface area contributed by atoms with Crippen LogP contribution in [0, 0.1) is 87.4 Å². The number of Topliss-reactive ketones (excluding diaryl/α,β-unsaturated/α-hetero) is 2. The Morgan fingerprint density at radius 2 is 0.911 bits per heavy atom. The number of methoxy groups -OCH3 is 4. The highest BCUT2D eigenvalue weighted by Crippen LogP contribution is 2.36. The first-order valence-electron chi connectivity index (χ1n) is 46.7. The van der Waals surface area contributed by atoms with Gasteiger partial charge in [0, 0.05) is 145 Å². The number of amidine groups is 1. The van der Waals surface area contributed by atoms with E-state index in [0.717, 1.165) is 78.3 Å². The van der Waals surface area contributed by atoms with Crippen molar-refractivity contribution in [2.75, 3.05) is 104 Å². The van der Waals surface area contributed by atoms with E-state index < -0.39 is 36.1 Å². The number of carbonyl (C=O) groups excluding carboxylic acids is 8. The molecule has 30 nitrogen and oxygen atoms in total. The lowest BCUT2D eigenvalue weighted by molar-refractivity contribution is -0.148. The predicted molar refractivity (Wildman–Crippen MR) is 546 cm³/mol. The number of hydrogen-bond acceptors (Lipinski definition) is 22. The van der Waals surface area contributed by atoms with Crippen molar-refractivity contribution in [3.63, 3.8) is 0 Å². The predicted octanol–water partition coefficient (Wildman–Crippen LogP) is 17.1. The van der Waals surface area contributed by atoms with Crippen molar-refractivity contribution in [2.24, 2.45) is 70.8 Å². The van der Waals surface area contributed by atoms with Gasteiger partial charge >= 0.3 is 11.9 Å². The van der Waals surface area contributed by atoms with Gasteiger partial charge in [0.25, 0.3) is 0 Å². The fraction of sp³-hybridized carbons (Fsp3) is 0.657. The van der Waals surface area contributed by atoms with Crippen LogP contribution in [0.2, 0.25) is 0 Å². The molecule has 4 heterocycles. The number of likely N-dealkylation sites (tertiary alicyclic amines) is 2. The second-order valence-corrected chi connectivity index (χ2v) is 36.9. The number of aromatic nitrogens is 6. The van der Waals surface area contributed by atoms with Crippen LogP contribution in [0.15, 0.2) is 109 Å². The van der Waals surface area contributed by atoms with E-state index in [1.54, 1.807) is 76.1 Å². The number of H-pyrrole nitrogens is 1. The van der Waals surface area contributed by atoms with Crippen LogP contribution in [0.3, 0.4) is 0 Å². The van der Waals surface area contributed by atoms with Gasteiger partial charge in [-0.2, -0.15) is 25.4 Å². The summed E-state index contributed by atoms with van der Waals surface area (Å²) in [4.78, 5) is 122. The number of likely N-dealkylation sites (N-methyl/N-ethyl adjacent to an activating group) is 2. The number of rotatable bonds is 39. The van der Waals surface area contributed by atoms with E-state index in [1.807, 2.05) is 204 Å². The van der Waals surface area contributed by atoms with Gasteiger partial charge in [-0.25, -0.2) is 0 Å². The molecule has 4 amide bonds. The molecule has 135 heavy (non-hydrogen) atoms. The van der Waals surface area contributed by atoms with Crippen molar-refractivity contribution >= 4 is 103 Å². The lowest BCUT2D eigenvalue weighted by atomic mass is 9.81. The Balaban J connectivity index is 0. The number of benzene rings is 4. The smallest absolute Gasteiger partial charge is 0.309 e. The van der Waals surface area contributed by atoms with Crippen LogP contribution < -0.4 is 5.73 Å². The average molecular weight is 1930 g/mol. The zero-order valence-corrected chi connectivity index (χ0v) is 86.9. The number of para-hydroxylation sites is 3. The summed E-state index contributed by atoms with van der Waals surface area (Å²) in [5.74, 6) is -2.58. The van der Waals surface area contributed by atoms with Gasteiger partial charge in [-0.1, -0.05) is 208 Å². The molecule has 16 atom stereocenters. The molecular weight excluding hydrogens is 1750 g/mol. The molecule has 0 spiro atoms. The molecule has 762 valence electrons. The zero-order chi connectivity index (χ0) is 100. The number of nitrogens with zero attached hydrogens (tertiary/aromatic N) is 14. The highest BCUT2D eigenvalue weighted by molar-refractivity contribution is 7.09. The van der Waals surface area contributed by atoms with Gasteiger partial charge < -0.3 is 72.7 Å². The van der Waals surface area contributed by atoms with Crippen LogP contribution in [0.4, 0.5) is 4.20 Å². The Morgan fingerprint density at radius 3 is 1.23 bits per heavy atom. The third-order valence-electron chi connectivity index (χ3n) is 26.0. The highest BCUT2D eigenvalue weighted by atomic mass is 35.5. The number of hydrogen-bond donors (Lipinski definition) is 4. The minimum absolute atomic E-state index is 0. The largest absolute Gasteiger partial charge is 1.27 e. The molecule has 6 aromatic rings. The molecule has 4 aromatic carbocycles. The van der Waals surface area contributed by atoms with Crippen LogP contribution in [0.5, 0.6) is 0 Å². The topological polar surface area (TPSA) is 369 Å². The normalized spacial score (nSPS) is 16.2. The Morgan fingerprint density at radius 1 is 0.541 bits per heavy atom. The molecule has 5 N–H and O–H groups in total. The molecule has 33 heteroatoms. The Hall–Kier alpha value is -9.44. The number of nitriles is 1. The van der Waals surface area contributed by atoms with Crippen LogP contribution in [0.25, 0.3) is 22.1 Å². The minimum Gasteiger partial charge on any atom is -1.27 e. The first-order valence-corrected chi connectivity index (χ1v) is 47.0. The number of nitrogens with one attached hydrogen (secondary N) is 3. The minimum atomic E-state index is -0.630. The first kappa shape index (κ1) is 128. The fourth-order valence-electron chi connectivity index (χ4n) is 17.2. The summed E-state index contributed by atoms with van der Waals surface area (Å²) in [7, 11) is 22.1. The summed E-state index contributed by atoms with van der Waals surface area (Å²) in [5, 5.41) is 42.2. The molecule has 2 aliphatic rings. The van der Waals surface area contributed by atoms with E-state index in [9.17, 15) is 42.6 Å². The SMILES string of the molecule is C.C.CCN(C(C)C)C(C)C.CC[C@H](C)[C@@H]([C@@H](CC(=O)N1CCC[C@H]1[C@H](C)[C@@H](C)C(=O)C[C@@H](Cc1ccccc1)C(=O)OC)OC)N(C)C(=O)[C@@H](CC(=N)N(C)C)C(C)C.CC[C@H](C)[C@@H]([C@@H](CC(=O)N1CCC[C@H]1[C@H](C)[C@@H](C)C(=O)C[C@@H](Cc1ccccc1)C(=O)OC)OC)N(C)C(=O)[C@@H](N)C(C)C.CN(C)C#N.CN(C)C(=N)n1nnc2ccccc21.Cl.F[P-2].c1ccc2n[nH]nc2c1. The van der Waals surface area contributed by atoms with E-state index in [0.29, 0.717) is 56.2 Å². The van der Waals surface area contributed by atoms with E-state index in [-0.39, 0.29) is 172 Å². The maximum atomic E-state index is 14.1. The van der Waals surface area contributed by atoms with Gasteiger partial charge in [0.1, 0.15) is 28.1 Å². The number of aromatic amines is 1. The monoisotopic (exact) mass is 1930 g/mol. The van der Waals surface area contributed by atoms with E-state index >= 15 is 0 Å². The Kier molecular flexibility index (Phi) is 62.5. The van der Waals surface area contributed by atoms with Crippen molar-refractivity contribution in [3.05, 3.63) is 120 Å². The zero-order valence-electron chi connectivity index (χ0n) is 85.2. The van der Waals surface area contributed by atoms with Crippen molar-refractivity contribution in [1.29, 1.82) is 16.1 Å². The van der Waals surface area contributed by atoms with Gasteiger partial charge in [0.05, 0.1) is 80.6 Å². The molecule has 2 aliphatic heterocycles. The number of halogens is 2. The molecular formula is C102H171ClFN18O12P-2. The van der Waals surface area contributed by atoms with E-state index in [1.165, 1.54) is 23.8 Å². The number of amides is 4. The summed E-state index contributed by atoms with van der Waals surface area (Å²) in [5.41, 5.74) is 11.7. The van der Waals surface area contributed by atoms with Crippen molar-refractivity contribution in [2.45, 2.75) is 271 Å². The Bertz CT molecular complexity index is 4420. The molecule has 8 rings (SSSR count). The molecule has 2 fully saturated rings. The number of ketones is 2. The van der Waals surface area contributed by atoms with Crippen molar-refractivity contribution < 1.29 is 61.5 Å². The van der Waals surface area contributed by atoms with Crippen molar-refractivity contribution in [1.82, 2.24) is 69.6 Å². The number of carbonyl (C=O) groups is 8. The first-order chi connectivity index (χ1) is 62.4. The van der Waals surface area contributed by atoms with Gasteiger partial charge in [-0.3, -0.25) is 54.1 Å². The molecule has 0 bridgehead atoms. The van der Waals surface area contributed by atoms with Crippen LogP contribution in [-0.4, -0.2) is 287 Å². The quantitative estimate of drug-likeness (QED) is 0.00695. The van der Waals surface area contributed by atoms with Crippen LogP contribution in [-0.2, 0) is 70.1 Å². The number of esters is 2. The summed E-state index contributed by atoms with van der Waals surface area (Å²) >= 11 is 0.